The van der Waals surface area contributed by atoms with Gasteiger partial charge in [-0.05, 0) is 18.6 Å². The van der Waals surface area contributed by atoms with Crippen LogP contribution in [0.5, 0.6) is 0 Å². The van der Waals surface area contributed by atoms with Gasteiger partial charge >= 0.3 is 0 Å². The van der Waals surface area contributed by atoms with Crippen molar-refractivity contribution in [1.82, 2.24) is 10.3 Å². The molecule has 2 fully saturated rings. The Kier molecular flexibility index (Phi) is 3.98. The lowest BCUT2D eigenvalue weighted by Crippen LogP contribution is -2.63. The lowest BCUT2D eigenvalue weighted by molar-refractivity contribution is -0.129. The van der Waals surface area contributed by atoms with Crippen LogP contribution in [0.1, 0.15) is 12.1 Å². The van der Waals surface area contributed by atoms with Crippen molar-refractivity contribution in [3.8, 4) is 0 Å². The van der Waals surface area contributed by atoms with E-state index in [2.05, 4.69) is 10.3 Å². The molecule has 0 aromatic carbocycles. The van der Waals surface area contributed by atoms with E-state index in [1.54, 1.807) is 13.3 Å². The monoisotopic (exact) mass is 276 g/mol. The van der Waals surface area contributed by atoms with E-state index in [9.17, 15) is 4.79 Å². The SMILES string of the molecule is COC[C@H]1[C@@H](NC(=O)Cc2ccccn2)[C@H]2CCO[C@H]21. The number of aromatic nitrogens is 1. The summed E-state index contributed by atoms with van der Waals surface area (Å²) in [5.41, 5.74) is 0.798. The zero-order valence-corrected chi connectivity index (χ0v) is 11.6. The molecule has 2 heterocycles. The van der Waals surface area contributed by atoms with Gasteiger partial charge in [0.2, 0.25) is 5.91 Å². The zero-order chi connectivity index (χ0) is 13.9. The molecule has 1 saturated heterocycles. The summed E-state index contributed by atoms with van der Waals surface area (Å²) in [6.07, 6.45) is 3.32. The summed E-state index contributed by atoms with van der Waals surface area (Å²) in [7, 11) is 1.69. The van der Waals surface area contributed by atoms with Crippen LogP contribution in [-0.4, -0.2) is 43.4 Å². The Bertz CT molecular complexity index is 465. The molecule has 1 amide bonds. The topological polar surface area (TPSA) is 60.5 Å². The third-order valence-corrected chi connectivity index (χ3v) is 4.28. The average Bonchev–Trinajstić information content (AvgIpc) is 2.88. The lowest BCUT2D eigenvalue weighted by atomic mass is 9.67. The number of carbonyl (C=O) groups excluding carboxylic acids is 1. The van der Waals surface area contributed by atoms with Crippen LogP contribution >= 0.6 is 0 Å². The number of amides is 1. The molecule has 1 saturated carbocycles. The number of nitrogens with zero attached hydrogens (tertiary/aromatic N) is 1. The smallest absolute Gasteiger partial charge is 0.226 e. The molecule has 1 aromatic rings. The Morgan fingerprint density at radius 1 is 1.55 bits per heavy atom. The highest BCUT2D eigenvalue weighted by Crippen LogP contribution is 2.43. The maximum atomic E-state index is 12.1. The van der Waals surface area contributed by atoms with Crippen molar-refractivity contribution in [2.75, 3.05) is 20.3 Å². The quantitative estimate of drug-likeness (QED) is 0.864. The first-order chi connectivity index (χ1) is 9.79. The largest absolute Gasteiger partial charge is 0.384 e. The highest BCUT2D eigenvalue weighted by atomic mass is 16.5. The normalized spacial score (nSPS) is 31.4. The van der Waals surface area contributed by atoms with Crippen molar-refractivity contribution in [2.45, 2.75) is 25.0 Å². The second-order valence-electron chi connectivity index (χ2n) is 5.50. The van der Waals surface area contributed by atoms with E-state index in [4.69, 9.17) is 9.47 Å². The third-order valence-electron chi connectivity index (χ3n) is 4.28. The van der Waals surface area contributed by atoms with E-state index in [-0.39, 0.29) is 24.0 Å². The van der Waals surface area contributed by atoms with Crippen molar-refractivity contribution in [2.24, 2.45) is 11.8 Å². The molecule has 1 aliphatic heterocycles. The molecular formula is C15H20N2O3. The van der Waals surface area contributed by atoms with Gasteiger partial charge in [0.25, 0.3) is 0 Å². The average molecular weight is 276 g/mol. The summed E-state index contributed by atoms with van der Waals surface area (Å²) >= 11 is 0. The van der Waals surface area contributed by atoms with Crippen LogP contribution < -0.4 is 5.32 Å². The van der Waals surface area contributed by atoms with Crippen molar-refractivity contribution in [1.29, 1.82) is 0 Å². The number of fused-ring (bicyclic) bond motifs is 1. The van der Waals surface area contributed by atoms with Gasteiger partial charge in [0, 0.05) is 43.5 Å². The van der Waals surface area contributed by atoms with E-state index in [1.165, 1.54) is 0 Å². The Hall–Kier alpha value is -1.46. The summed E-state index contributed by atoms with van der Waals surface area (Å²) in [6.45, 7) is 1.43. The van der Waals surface area contributed by atoms with Crippen molar-refractivity contribution < 1.29 is 14.3 Å². The molecule has 3 rings (SSSR count). The van der Waals surface area contributed by atoms with Crippen LogP contribution in [-0.2, 0) is 20.7 Å². The number of hydrogen-bond donors (Lipinski definition) is 1. The number of pyridine rings is 1. The molecule has 4 atom stereocenters. The standard InChI is InChI=1S/C15H20N2O3/c1-19-9-12-14(11-5-7-20-15(11)12)17-13(18)8-10-4-2-3-6-16-10/h2-4,6,11-12,14-15H,5,7-9H2,1H3,(H,17,18)/t11-,12+,14+,15-/m1/s1. The predicted octanol–water partition coefficient (Wildman–Crippen LogP) is 0.790. The molecule has 1 N–H and O–H groups in total. The van der Waals surface area contributed by atoms with Crippen LogP contribution in [0.4, 0.5) is 0 Å². The highest BCUT2D eigenvalue weighted by molar-refractivity contribution is 5.78. The predicted molar refractivity (Wildman–Crippen MR) is 73.1 cm³/mol. The van der Waals surface area contributed by atoms with Gasteiger partial charge in [-0.25, -0.2) is 0 Å². The number of rotatable bonds is 5. The molecule has 5 heteroatoms. The first kappa shape index (κ1) is 13.5. The fourth-order valence-corrected chi connectivity index (χ4v) is 3.34. The van der Waals surface area contributed by atoms with Crippen LogP contribution in [0.3, 0.4) is 0 Å². The third kappa shape index (κ3) is 2.55. The van der Waals surface area contributed by atoms with E-state index in [1.807, 2.05) is 18.2 Å². The van der Waals surface area contributed by atoms with E-state index in [0.717, 1.165) is 18.7 Å². The van der Waals surface area contributed by atoms with Crippen LogP contribution in [0.15, 0.2) is 24.4 Å². The molecular weight excluding hydrogens is 256 g/mol. The van der Waals surface area contributed by atoms with Gasteiger partial charge in [-0.2, -0.15) is 0 Å². The molecule has 5 nitrogen and oxygen atoms in total. The van der Waals surface area contributed by atoms with Gasteiger partial charge in [0.05, 0.1) is 19.1 Å². The molecule has 0 spiro atoms. The van der Waals surface area contributed by atoms with Crippen molar-refractivity contribution in [3.63, 3.8) is 0 Å². The molecule has 0 unspecified atom stereocenters. The zero-order valence-electron chi connectivity index (χ0n) is 11.6. The number of hydrogen-bond acceptors (Lipinski definition) is 4. The number of nitrogens with one attached hydrogen (secondary N) is 1. The molecule has 108 valence electrons. The first-order valence-corrected chi connectivity index (χ1v) is 7.09. The van der Waals surface area contributed by atoms with Gasteiger partial charge in [-0.15, -0.1) is 0 Å². The molecule has 20 heavy (non-hydrogen) atoms. The van der Waals surface area contributed by atoms with Crippen LogP contribution in [0.25, 0.3) is 0 Å². The maximum absolute atomic E-state index is 12.1. The first-order valence-electron chi connectivity index (χ1n) is 7.09. The second kappa shape index (κ2) is 5.89. The minimum atomic E-state index is 0.0279. The van der Waals surface area contributed by atoms with Crippen LogP contribution in [0, 0.1) is 11.8 Å². The van der Waals surface area contributed by atoms with Gasteiger partial charge in [-0.1, -0.05) is 6.07 Å². The molecule has 2 aliphatic rings. The van der Waals surface area contributed by atoms with Gasteiger partial charge < -0.3 is 14.8 Å². The number of ether oxygens (including phenoxy) is 2. The summed E-state index contributed by atoms with van der Waals surface area (Å²) in [5.74, 6) is 0.753. The Balaban J connectivity index is 1.57. The molecule has 1 aliphatic carbocycles. The van der Waals surface area contributed by atoms with Crippen molar-refractivity contribution in [3.05, 3.63) is 30.1 Å². The summed E-state index contributed by atoms with van der Waals surface area (Å²) in [4.78, 5) is 16.3. The molecule has 0 bridgehead atoms. The number of carbonyl (C=O) groups is 1. The fourth-order valence-electron chi connectivity index (χ4n) is 3.34. The number of methoxy groups -OCH3 is 1. The fraction of sp³-hybridized carbons (Fsp3) is 0.600. The Labute approximate surface area is 118 Å². The second-order valence-corrected chi connectivity index (χ2v) is 5.50. The minimum absolute atomic E-state index is 0.0279. The Morgan fingerprint density at radius 3 is 3.20 bits per heavy atom. The van der Waals surface area contributed by atoms with E-state index < -0.39 is 0 Å². The van der Waals surface area contributed by atoms with E-state index >= 15 is 0 Å². The molecule has 1 aromatic heterocycles. The van der Waals surface area contributed by atoms with Gasteiger partial charge in [0.15, 0.2) is 0 Å². The summed E-state index contributed by atoms with van der Waals surface area (Å²) in [5, 5.41) is 3.13. The van der Waals surface area contributed by atoms with E-state index in [0.29, 0.717) is 18.9 Å². The Morgan fingerprint density at radius 2 is 2.45 bits per heavy atom. The minimum Gasteiger partial charge on any atom is -0.384 e. The summed E-state index contributed by atoms with van der Waals surface area (Å²) < 4.78 is 10.9. The van der Waals surface area contributed by atoms with Crippen molar-refractivity contribution >= 4 is 5.91 Å². The molecule has 0 radical (unpaired) electrons. The van der Waals surface area contributed by atoms with Gasteiger partial charge in [-0.3, -0.25) is 9.78 Å². The highest BCUT2D eigenvalue weighted by Gasteiger charge is 2.54. The lowest BCUT2D eigenvalue weighted by Gasteiger charge is -2.47. The van der Waals surface area contributed by atoms with Crippen LogP contribution in [0.2, 0.25) is 0 Å². The maximum Gasteiger partial charge on any atom is 0.226 e. The van der Waals surface area contributed by atoms with Gasteiger partial charge in [0.1, 0.15) is 0 Å². The summed E-state index contributed by atoms with van der Waals surface area (Å²) in [6, 6.07) is 5.79.